The van der Waals surface area contributed by atoms with Gasteiger partial charge in [0.1, 0.15) is 5.75 Å². The number of methoxy groups -OCH3 is 1. The standard InChI is InChI=1S/C13H12N4O2/c1-8(18)16-13-15-5-3-9-7-10-11(19-2)4-6-14-12(10)17(9)13/h3-7H,1-2H3,(H,15,16,18). The summed E-state index contributed by atoms with van der Waals surface area (Å²) in [5.41, 5.74) is 1.59. The molecule has 1 amide bonds. The van der Waals surface area contributed by atoms with Crippen LogP contribution in [0.4, 0.5) is 5.95 Å². The Morgan fingerprint density at radius 3 is 2.84 bits per heavy atom. The summed E-state index contributed by atoms with van der Waals surface area (Å²) in [6, 6.07) is 5.61. The molecule has 0 aliphatic rings. The van der Waals surface area contributed by atoms with Gasteiger partial charge in [-0.05, 0) is 18.2 Å². The van der Waals surface area contributed by atoms with Crippen molar-refractivity contribution in [2.24, 2.45) is 0 Å². The van der Waals surface area contributed by atoms with E-state index < -0.39 is 0 Å². The van der Waals surface area contributed by atoms with Crippen LogP contribution in [0.15, 0.2) is 30.6 Å². The summed E-state index contributed by atoms with van der Waals surface area (Å²) in [6.45, 7) is 1.44. The molecule has 3 aromatic heterocycles. The molecule has 3 aromatic rings. The molecule has 6 nitrogen and oxygen atoms in total. The fourth-order valence-corrected chi connectivity index (χ4v) is 2.10. The molecular weight excluding hydrogens is 244 g/mol. The Hall–Kier alpha value is -2.63. The van der Waals surface area contributed by atoms with E-state index in [9.17, 15) is 4.79 Å². The fraction of sp³-hybridized carbons (Fsp3) is 0.154. The molecule has 3 rings (SSSR count). The number of hydrogen-bond donors (Lipinski definition) is 1. The number of hydrogen-bond acceptors (Lipinski definition) is 4. The zero-order valence-electron chi connectivity index (χ0n) is 10.5. The van der Waals surface area contributed by atoms with Crippen molar-refractivity contribution in [3.05, 3.63) is 30.6 Å². The van der Waals surface area contributed by atoms with Crippen molar-refractivity contribution in [1.29, 1.82) is 0 Å². The van der Waals surface area contributed by atoms with E-state index in [0.29, 0.717) is 11.6 Å². The molecule has 19 heavy (non-hydrogen) atoms. The van der Waals surface area contributed by atoms with Crippen molar-refractivity contribution in [2.45, 2.75) is 6.92 Å². The van der Waals surface area contributed by atoms with Crippen LogP contribution < -0.4 is 10.1 Å². The van der Waals surface area contributed by atoms with Crippen molar-refractivity contribution >= 4 is 28.4 Å². The van der Waals surface area contributed by atoms with Crippen LogP contribution in [0.5, 0.6) is 5.75 Å². The maximum absolute atomic E-state index is 11.2. The Kier molecular flexibility index (Phi) is 2.56. The maximum atomic E-state index is 11.2. The van der Waals surface area contributed by atoms with Crippen LogP contribution in [-0.2, 0) is 4.79 Å². The van der Waals surface area contributed by atoms with Gasteiger partial charge in [0, 0.05) is 19.3 Å². The molecule has 3 heterocycles. The first-order chi connectivity index (χ1) is 9.20. The summed E-state index contributed by atoms with van der Waals surface area (Å²) in [7, 11) is 1.62. The topological polar surface area (TPSA) is 68.5 Å². The van der Waals surface area contributed by atoms with Gasteiger partial charge in [-0.15, -0.1) is 0 Å². The van der Waals surface area contributed by atoms with E-state index in [1.54, 1.807) is 30.0 Å². The first-order valence-electron chi connectivity index (χ1n) is 5.77. The van der Waals surface area contributed by atoms with Gasteiger partial charge >= 0.3 is 0 Å². The fourth-order valence-electron chi connectivity index (χ4n) is 2.10. The highest BCUT2D eigenvalue weighted by molar-refractivity contribution is 5.93. The highest BCUT2D eigenvalue weighted by Gasteiger charge is 2.12. The molecule has 0 fully saturated rings. The second kappa shape index (κ2) is 4.24. The second-order valence-electron chi connectivity index (χ2n) is 4.10. The second-order valence-corrected chi connectivity index (χ2v) is 4.10. The first kappa shape index (κ1) is 11.5. The Bertz CT molecular complexity index is 779. The molecular formula is C13H12N4O2. The minimum atomic E-state index is -0.176. The molecule has 1 N–H and O–H groups in total. The van der Waals surface area contributed by atoms with E-state index in [2.05, 4.69) is 15.3 Å². The van der Waals surface area contributed by atoms with Crippen molar-refractivity contribution in [3.8, 4) is 5.75 Å². The number of ether oxygens (including phenoxy) is 1. The minimum Gasteiger partial charge on any atom is -0.496 e. The Balaban J connectivity index is 2.38. The quantitative estimate of drug-likeness (QED) is 0.759. The molecule has 0 radical (unpaired) electrons. The number of pyridine rings is 1. The van der Waals surface area contributed by atoms with Crippen molar-refractivity contribution in [3.63, 3.8) is 0 Å². The molecule has 0 unspecified atom stereocenters. The average molecular weight is 256 g/mol. The molecule has 0 saturated carbocycles. The van der Waals surface area contributed by atoms with Crippen LogP contribution in [0.2, 0.25) is 0 Å². The van der Waals surface area contributed by atoms with Gasteiger partial charge in [0.15, 0.2) is 5.65 Å². The minimum absolute atomic E-state index is 0.176. The van der Waals surface area contributed by atoms with Crippen LogP contribution in [-0.4, -0.2) is 27.4 Å². The number of aromatic nitrogens is 3. The highest BCUT2D eigenvalue weighted by atomic mass is 16.5. The third-order valence-electron chi connectivity index (χ3n) is 2.85. The molecule has 0 saturated heterocycles. The maximum Gasteiger partial charge on any atom is 0.223 e. The Morgan fingerprint density at radius 2 is 2.11 bits per heavy atom. The number of nitrogens with zero attached hydrogens (tertiary/aromatic N) is 3. The zero-order chi connectivity index (χ0) is 13.4. The Labute approximate surface area is 109 Å². The summed E-state index contributed by atoms with van der Waals surface area (Å²) >= 11 is 0. The van der Waals surface area contributed by atoms with Crippen molar-refractivity contribution < 1.29 is 9.53 Å². The Morgan fingerprint density at radius 1 is 1.32 bits per heavy atom. The molecule has 0 aliphatic heterocycles. The molecule has 0 atom stereocenters. The molecule has 6 heteroatoms. The van der Waals surface area contributed by atoms with E-state index in [0.717, 1.165) is 16.7 Å². The lowest BCUT2D eigenvalue weighted by molar-refractivity contribution is -0.114. The first-order valence-corrected chi connectivity index (χ1v) is 5.77. The number of carbonyl (C=O) groups excluding carboxylic acids is 1. The van der Waals surface area contributed by atoms with Gasteiger partial charge in [0.25, 0.3) is 0 Å². The third-order valence-corrected chi connectivity index (χ3v) is 2.85. The van der Waals surface area contributed by atoms with Gasteiger partial charge in [-0.1, -0.05) is 0 Å². The van der Waals surface area contributed by atoms with Gasteiger partial charge < -0.3 is 4.74 Å². The average Bonchev–Trinajstić information content (AvgIpc) is 2.77. The zero-order valence-corrected chi connectivity index (χ0v) is 10.5. The number of carbonyl (C=O) groups is 1. The molecule has 0 bridgehead atoms. The predicted octanol–water partition coefficient (Wildman–Crippen LogP) is 1.85. The van der Waals surface area contributed by atoms with E-state index in [1.165, 1.54) is 6.92 Å². The van der Waals surface area contributed by atoms with Crippen LogP contribution in [0.3, 0.4) is 0 Å². The molecule has 0 spiro atoms. The number of amides is 1. The van der Waals surface area contributed by atoms with Crippen molar-refractivity contribution in [1.82, 2.24) is 14.4 Å². The normalized spacial score (nSPS) is 10.8. The molecule has 96 valence electrons. The number of anilines is 1. The highest BCUT2D eigenvalue weighted by Crippen LogP contribution is 2.28. The number of nitrogens with one attached hydrogen (secondary N) is 1. The number of fused-ring (bicyclic) bond motifs is 3. The smallest absolute Gasteiger partial charge is 0.223 e. The van der Waals surface area contributed by atoms with Gasteiger partial charge in [0.2, 0.25) is 11.9 Å². The number of rotatable bonds is 2. The van der Waals surface area contributed by atoms with Crippen LogP contribution in [0.1, 0.15) is 6.92 Å². The summed E-state index contributed by atoms with van der Waals surface area (Å²) in [5.74, 6) is 1.01. The van der Waals surface area contributed by atoms with Gasteiger partial charge in [0.05, 0.1) is 18.0 Å². The van der Waals surface area contributed by atoms with Crippen LogP contribution in [0.25, 0.3) is 16.6 Å². The SMILES string of the molecule is COc1ccnc2c1cc1ccnc(NC(C)=O)n12. The lowest BCUT2D eigenvalue weighted by Crippen LogP contribution is -2.11. The molecule has 0 aromatic carbocycles. The van der Waals surface area contributed by atoms with E-state index >= 15 is 0 Å². The lowest BCUT2D eigenvalue weighted by Gasteiger charge is -2.05. The van der Waals surface area contributed by atoms with Gasteiger partial charge in [-0.25, -0.2) is 9.97 Å². The van der Waals surface area contributed by atoms with E-state index in [4.69, 9.17) is 4.74 Å². The lowest BCUT2D eigenvalue weighted by atomic mass is 10.3. The third kappa shape index (κ3) is 1.77. The van der Waals surface area contributed by atoms with Crippen molar-refractivity contribution in [2.75, 3.05) is 12.4 Å². The summed E-state index contributed by atoms with van der Waals surface area (Å²) in [4.78, 5) is 19.7. The van der Waals surface area contributed by atoms with Crippen LogP contribution in [0, 0.1) is 0 Å². The van der Waals surface area contributed by atoms with Gasteiger partial charge in [-0.2, -0.15) is 0 Å². The summed E-state index contributed by atoms with van der Waals surface area (Å²) < 4.78 is 7.11. The molecule has 0 aliphatic carbocycles. The largest absolute Gasteiger partial charge is 0.496 e. The predicted molar refractivity (Wildman–Crippen MR) is 71.3 cm³/mol. The summed E-state index contributed by atoms with van der Waals surface area (Å²) in [6.07, 6.45) is 3.31. The van der Waals surface area contributed by atoms with Crippen LogP contribution >= 0.6 is 0 Å². The summed E-state index contributed by atoms with van der Waals surface area (Å²) in [5, 5.41) is 3.57. The van der Waals surface area contributed by atoms with Gasteiger partial charge in [-0.3, -0.25) is 14.5 Å². The van der Waals surface area contributed by atoms with E-state index in [1.807, 2.05) is 12.1 Å². The van der Waals surface area contributed by atoms with E-state index in [-0.39, 0.29) is 5.91 Å². The monoisotopic (exact) mass is 256 g/mol.